The van der Waals surface area contributed by atoms with Crippen LogP contribution in [0.1, 0.15) is 45.6 Å². The van der Waals surface area contributed by atoms with E-state index in [1.807, 2.05) is 39.0 Å². The molecule has 0 spiro atoms. The number of hydrogen-bond acceptors (Lipinski definition) is 5. The molecule has 37 heavy (non-hydrogen) atoms. The van der Waals surface area contributed by atoms with Crippen LogP contribution in [0.3, 0.4) is 0 Å². The first-order valence-electron chi connectivity index (χ1n) is 12.4. The molecule has 0 aliphatic carbocycles. The summed E-state index contributed by atoms with van der Waals surface area (Å²) < 4.78 is 44.5. The monoisotopic (exact) mass is 535 g/mol. The van der Waals surface area contributed by atoms with Crippen LogP contribution in [0.4, 0.5) is 10.1 Å². The number of amides is 2. The Morgan fingerprint density at radius 3 is 2.35 bits per heavy atom. The molecule has 0 saturated heterocycles. The van der Waals surface area contributed by atoms with E-state index in [9.17, 15) is 22.4 Å². The van der Waals surface area contributed by atoms with E-state index in [1.165, 1.54) is 24.3 Å². The average molecular weight is 536 g/mol. The van der Waals surface area contributed by atoms with E-state index in [2.05, 4.69) is 5.32 Å². The molecule has 10 heteroatoms. The second-order valence-corrected chi connectivity index (χ2v) is 11.3. The Hall–Kier alpha value is -3.14. The summed E-state index contributed by atoms with van der Waals surface area (Å²) in [6, 6.07) is 11.8. The predicted molar refractivity (Wildman–Crippen MR) is 143 cm³/mol. The molecule has 0 heterocycles. The largest absolute Gasteiger partial charge is 0.497 e. The van der Waals surface area contributed by atoms with Gasteiger partial charge in [0.25, 0.3) is 0 Å². The van der Waals surface area contributed by atoms with E-state index >= 15 is 0 Å². The third-order valence-electron chi connectivity index (χ3n) is 5.82. The molecule has 0 saturated carbocycles. The van der Waals surface area contributed by atoms with Crippen LogP contribution in [-0.2, 0) is 26.2 Å². The van der Waals surface area contributed by atoms with Crippen molar-refractivity contribution in [1.29, 1.82) is 0 Å². The molecule has 0 aliphatic heterocycles. The van der Waals surface area contributed by atoms with E-state index < -0.39 is 21.9 Å². The number of methoxy groups -OCH3 is 1. The Bertz CT molecular complexity index is 1140. The molecule has 0 aliphatic rings. The molecule has 1 unspecified atom stereocenters. The molecule has 2 rings (SSSR count). The van der Waals surface area contributed by atoms with E-state index in [0.717, 1.165) is 16.1 Å². The van der Waals surface area contributed by atoms with Crippen LogP contribution in [0.2, 0.25) is 0 Å². The number of nitrogens with one attached hydrogen (secondary N) is 1. The van der Waals surface area contributed by atoms with E-state index in [-0.39, 0.29) is 43.7 Å². The molecule has 0 aromatic heterocycles. The zero-order valence-electron chi connectivity index (χ0n) is 22.2. The number of rotatable bonds is 14. The normalized spacial score (nSPS) is 12.2. The Morgan fingerprint density at radius 1 is 1.11 bits per heavy atom. The van der Waals surface area contributed by atoms with Gasteiger partial charge in [0.05, 0.1) is 19.1 Å². The fourth-order valence-corrected chi connectivity index (χ4v) is 4.89. The highest BCUT2D eigenvalue weighted by atomic mass is 32.2. The lowest BCUT2D eigenvalue weighted by Crippen LogP contribution is -2.49. The molecule has 0 bridgehead atoms. The number of carbonyl (C=O) groups excluding carboxylic acids is 2. The van der Waals surface area contributed by atoms with Gasteiger partial charge in [0.2, 0.25) is 21.8 Å². The lowest BCUT2D eigenvalue weighted by atomic mass is 10.1. The van der Waals surface area contributed by atoms with Gasteiger partial charge in [-0.25, -0.2) is 12.8 Å². The molecule has 0 radical (unpaired) electrons. The number of hydrogen-bond donors (Lipinski definition) is 1. The maximum Gasteiger partial charge on any atom is 0.242 e. The summed E-state index contributed by atoms with van der Waals surface area (Å²) >= 11 is 0. The van der Waals surface area contributed by atoms with Crippen LogP contribution >= 0.6 is 0 Å². The first-order valence-corrected chi connectivity index (χ1v) is 14.2. The van der Waals surface area contributed by atoms with Crippen LogP contribution in [0.5, 0.6) is 5.75 Å². The highest BCUT2D eigenvalue weighted by Gasteiger charge is 2.29. The Balaban J connectivity index is 2.22. The summed E-state index contributed by atoms with van der Waals surface area (Å²) in [6.45, 7) is 6.59. The highest BCUT2D eigenvalue weighted by Crippen LogP contribution is 2.21. The quantitative estimate of drug-likeness (QED) is 0.395. The predicted octanol–water partition coefficient (Wildman–Crippen LogP) is 3.96. The summed E-state index contributed by atoms with van der Waals surface area (Å²) in [4.78, 5) is 28.0. The molecule has 2 amide bonds. The lowest BCUT2D eigenvalue weighted by molar-refractivity contribution is -0.141. The number of sulfonamides is 1. The fraction of sp³-hybridized carbons (Fsp3) is 0.481. The lowest BCUT2D eigenvalue weighted by Gasteiger charge is -2.31. The van der Waals surface area contributed by atoms with E-state index in [1.54, 1.807) is 18.1 Å². The summed E-state index contributed by atoms with van der Waals surface area (Å²) in [7, 11) is -2.09. The maximum atomic E-state index is 13.5. The highest BCUT2D eigenvalue weighted by molar-refractivity contribution is 7.92. The fourth-order valence-electron chi connectivity index (χ4n) is 3.92. The van der Waals surface area contributed by atoms with Gasteiger partial charge in [0.1, 0.15) is 17.6 Å². The third-order valence-corrected chi connectivity index (χ3v) is 7.02. The van der Waals surface area contributed by atoms with Crippen LogP contribution in [0.25, 0.3) is 0 Å². The molecule has 8 nitrogen and oxygen atoms in total. The second-order valence-electron chi connectivity index (χ2n) is 9.35. The molecule has 204 valence electrons. The molecule has 2 aromatic rings. The number of anilines is 1. The first-order chi connectivity index (χ1) is 17.5. The minimum Gasteiger partial charge on any atom is -0.497 e. The van der Waals surface area contributed by atoms with Gasteiger partial charge in [0, 0.05) is 26.1 Å². The van der Waals surface area contributed by atoms with Crippen molar-refractivity contribution in [2.45, 2.75) is 52.6 Å². The number of halogens is 1. The van der Waals surface area contributed by atoms with Crippen molar-refractivity contribution in [2.75, 3.05) is 30.8 Å². The smallest absolute Gasteiger partial charge is 0.242 e. The molecular formula is C27H38FN3O5S. The van der Waals surface area contributed by atoms with E-state index in [0.29, 0.717) is 24.4 Å². The van der Waals surface area contributed by atoms with Gasteiger partial charge in [-0.1, -0.05) is 32.9 Å². The summed E-state index contributed by atoms with van der Waals surface area (Å²) in [6.07, 6.45) is 1.75. The topological polar surface area (TPSA) is 96.0 Å². The van der Waals surface area contributed by atoms with Crippen LogP contribution in [0, 0.1) is 11.7 Å². The molecular weight excluding hydrogens is 497 g/mol. The van der Waals surface area contributed by atoms with Crippen molar-refractivity contribution in [1.82, 2.24) is 10.2 Å². The Morgan fingerprint density at radius 2 is 1.78 bits per heavy atom. The van der Waals surface area contributed by atoms with Crippen LogP contribution in [0.15, 0.2) is 48.5 Å². The van der Waals surface area contributed by atoms with Gasteiger partial charge < -0.3 is 15.0 Å². The third kappa shape index (κ3) is 9.35. The first kappa shape index (κ1) is 30.1. The van der Waals surface area contributed by atoms with Crippen molar-refractivity contribution in [3.05, 3.63) is 59.9 Å². The van der Waals surface area contributed by atoms with Gasteiger partial charge in [-0.3, -0.25) is 13.9 Å². The number of benzene rings is 2. The zero-order valence-corrected chi connectivity index (χ0v) is 23.1. The van der Waals surface area contributed by atoms with Crippen molar-refractivity contribution in [2.24, 2.45) is 5.92 Å². The van der Waals surface area contributed by atoms with Crippen molar-refractivity contribution >= 4 is 27.5 Å². The van der Waals surface area contributed by atoms with Gasteiger partial charge >= 0.3 is 0 Å². The second kappa shape index (κ2) is 14.0. The Labute approximate surface area is 219 Å². The molecule has 2 aromatic carbocycles. The van der Waals surface area contributed by atoms with Crippen LogP contribution < -0.4 is 14.4 Å². The zero-order chi connectivity index (χ0) is 27.6. The van der Waals surface area contributed by atoms with Crippen LogP contribution in [-0.4, -0.2) is 57.6 Å². The van der Waals surface area contributed by atoms with Crippen molar-refractivity contribution < 1.29 is 27.1 Å². The standard InChI is InChI=1S/C27H38FN3O5S/c1-6-25(27(33)29-18-20(2)3)30(19-21-9-7-10-24(17-21)36-4)26(32)11-8-16-31(37(5,34)35)23-14-12-22(28)13-15-23/h7,9-10,12-15,17,20,25H,6,8,11,16,18-19H2,1-5H3,(H,29,33). The summed E-state index contributed by atoms with van der Waals surface area (Å²) in [5.74, 6) is -0.0527. The summed E-state index contributed by atoms with van der Waals surface area (Å²) in [5.41, 5.74) is 1.14. The molecule has 1 atom stereocenters. The van der Waals surface area contributed by atoms with E-state index in [4.69, 9.17) is 4.74 Å². The molecule has 1 N–H and O–H groups in total. The van der Waals surface area contributed by atoms with Gasteiger partial charge in [-0.15, -0.1) is 0 Å². The van der Waals surface area contributed by atoms with Gasteiger partial charge in [-0.2, -0.15) is 0 Å². The SMILES string of the molecule is CCC(C(=O)NCC(C)C)N(Cc1cccc(OC)c1)C(=O)CCCN(c1ccc(F)cc1)S(C)(=O)=O. The van der Waals surface area contributed by atoms with Gasteiger partial charge in [-0.05, 0) is 60.7 Å². The number of nitrogens with zero attached hydrogens (tertiary/aromatic N) is 2. The Kier molecular flexibility index (Phi) is 11.4. The van der Waals surface area contributed by atoms with Crippen molar-refractivity contribution in [3.8, 4) is 5.75 Å². The van der Waals surface area contributed by atoms with Gasteiger partial charge in [0.15, 0.2) is 0 Å². The average Bonchev–Trinajstić information content (AvgIpc) is 2.85. The number of ether oxygens (including phenoxy) is 1. The minimum atomic E-state index is -3.65. The molecule has 0 fully saturated rings. The maximum absolute atomic E-state index is 13.5. The van der Waals surface area contributed by atoms with Crippen molar-refractivity contribution in [3.63, 3.8) is 0 Å². The summed E-state index contributed by atoms with van der Waals surface area (Å²) in [5, 5.41) is 2.92. The minimum absolute atomic E-state index is 0.0329. The number of carbonyl (C=O) groups is 2.